The van der Waals surface area contributed by atoms with E-state index in [1.54, 1.807) is 7.05 Å². The fourth-order valence-electron chi connectivity index (χ4n) is 1.60. The van der Waals surface area contributed by atoms with Gasteiger partial charge < -0.3 is 20.0 Å². The molecule has 0 bridgehead atoms. The molecule has 0 spiro atoms. The van der Waals surface area contributed by atoms with E-state index in [1.165, 1.54) is 30.1 Å². The highest BCUT2D eigenvalue weighted by molar-refractivity contribution is 7.80. The maximum atomic E-state index is 11.7. The standard InChI is InChI=1S/C10H13Cl2N2O3PS/c1-13-10(19)14(2)9(18(15,16)17)6-3-4-7(11)8(12)5-6/h3-5,9H,1-2H3,(H,13,19)(H2,15,16,17). The molecule has 0 aromatic heterocycles. The highest BCUT2D eigenvalue weighted by Crippen LogP contribution is 2.53. The Bertz CT molecular complexity index is 538. The van der Waals surface area contributed by atoms with Gasteiger partial charge in [0.2, 0.25) is 0 Å². The van der Waals surface area contributed by atoms with Crippen LogP contribution in [0.5, 0.6) is 0 Å². The molecule has 0 saturated heterocycles. The Kier molecular flexibility index (Phi) is 5.62. The fraction of sp³-hybridized carbons (Fsp3) is 0.300. The molecule has 3 N–H and O–H groups in total. The minimum Gasteiger partial charge on any atom is -0.366 e. The number of thiocarbonyl (C=S) groups is 1. The zero-order chi connectivity index (χ0) is 14.8. The van der Waals surface area contributed by atoms with E-state index in [9.17, 15) is 14.4 Å². The van der Waals surface area contributed by atoms with E-state index in [2.05, 4.69) is 5.32 Å². The SMILES string of the molecule is CNC(=S)N(C)C(c1ccc(Cl)c(Cl)c1)P(=O)(O)O. The van der Waals surface area contributed by atoms with E-state index >= 15 is 0 Å². The van der Waals surface area contributed by atoms with Gasteiger partial charge in [-0.1, -0.05) is 29.3 Å². The number of hydrogen-bond acceptors (Lipinski definition) is 2. The second-order valence-electron chi connectivity index (χ2n) is 3.80. The molecule has 0 radical (unpaired) electrons. The molecule has 0 aliphatic heterocycles. The fourth-order valence-corrected chi connectivity index (χ4v) is 3.21. The molecular weight excluding hydrogens is 330 g/mol. The van der Waals surface area contributed by atoms with Gasteiger partial charge in [0, 0.05) is 14.1 Å². The van der Waals surface area contributed by atoms with Crippen molar-refractivity contribution in [1.82, 2.24) is 10.2 Å². The first kappa shape index (κ1) is 16.7. The van der Waals surface area contributed by atoms with Gasteiger partial charge in [0.1, 0.15) is 0 Å². The molecule has 19 heavy (non-hydrogen) atoms. The summed E-state index contributed by atoms with van der Waals surface area (Å²) in [6.45, 7) is 0. The lowest BCUT2D eigenvalue weighted by molar-refractivity contribution is 0.315. The molecule has 0 aliphatic carbocycles. The Balaban J connectivity index is 3.29. The van der Waals surface area contributed by atoms with E-state index in [0.29, 0.717) is 10.6 Å². The molecule has 1 aromatic carbocycles. The summed E-state index contributed by atoms with van der Waals surface area (Å²) in [5.41, 5.74) is 0.336. The first-order valence-electron chi connectivity index (χ1n) is 5.13. The third kappa shape index (κ3) is 4.05. The Morgan fingerprint density at radius 2 is 2.00 bits per heavy atom. The Morgan fingerprint density at radius 1 is 1.42 bits per heavy atom. The Labute approximate surface area is 126 Å². The highest BCUT2D eigenvalue weighted by atomic mass is 35.5. The molecule has 1 unspecified atom stereocenters. The van der Waals surface area contributed by atoms with Crippen molar-refractivity contribution in [1.29, 1.82) is 0 Å². The summed E-state index contributed by atoms with van der Waals surface area (Å²) in [7, 11) is -1.39. The molecule has 106 valence electrons. The van der Waals surface area contributed by atoms with Gasteiger partial charge in [-0.15, -0.1) is 0 Å². The van der Waals surface area contributed by atoms with Crippen LogP contribution in [0.15, 0.2) is 18.2 Å². The predicted molar refractivity (Wildman–Crippen MR) is 80.7 cm³/mol. The van der Waals surface area contributed by atoms with Gasteiger partial charge >= 0.3 is 7.60 Å². The monoisotopic (exact) mass is 342 g/mol. The lowest BCUT2D eigenvalue weighted by atomic mass is 10.2. The summed E-state index contributed by atoms with van der Waals surface area (Å²) in [5.74, 6) is -1.22. The molecule has 0 saturated carbocycles. The number of nitrogens with zero attached hydrogens (tertiary/aromatic N) is 1. The summed E-state index contributed by atoms with van der Waals surface area (Å²) in [4.78, 5) is 20.3. The van der Waals surface area contributed by atoms with Crippen LogP contribution in [-0.4, -0.2) is 33.9 Å². The van der Waals surface area contributed by atoms with Crippen LogP contribution in [0.1, 0.15) is 11.3 Å². The van der Waals surface area contributed by atoms with Gasteiger partial charge in [-0.3, -0.25) is 4.57 Å². The van der Waals surface area contributed by atoms with Crippen molar-refractivity contribution in [3.05, 3.63) is 33.8 Å². The average molecular weight is 343 g/mol. The molecule has 0 aliphatic rings. The van der Waals surface area contributed by atoms with Crippen molar-refractivity contribution < 1.29 is 14.4 Å². The van der Waals surface area contributed by atoms with E-state index in [1.807, 2.05) is 0 Å². The van der Waals surface area contributed by atoms with E-state index < -0.39 is 13.4 Å². The van der Waals surface area contributed by atoms with Crippen LogP contribution in [0, 0.1) is 0 Å². The number of benzene rings is 1. The van der Waals surface area contributed by atoms with E-state index in [4.69, 9.17) is 35.4 Å². The Hall–Kier alpha value is -0.360. The maximum absolute atomic E-state index is 11.7. The average Bonchev–Trinajstić information content (AvgIpc) is 2.31. The highest BCUT2D eigenvalue weighted by Gasteiger charge is 2.35. The number of rotatable bonds is 3. The van der Waals surface area contributed by atoms with Crippen LogP contribution in [0.2, 0.25) is 10.0 Å². The number of nitrogens with one attached hydrogen (secondary N) is 1. The summed E-state index contributed by atoms with van der Waals surface area (Å²) < 4.78 is 11.7. The van der Waals surface area contributed by atoms with Crippen molar-refractivity contribution >= 4 is 48.1 Å². The molecule has 0 amide bonds. The molecule has 1 aromatic rings. The van der Waals surface area contributed by atoms with Crippen LogP contribution >= 0.6 is 43.0 Å². The summed E-state index contributed by atoms with van der Waals surface area (Å²) in [6, 6.07) is 4.41. The lowest BCUT2D eigenvalue weighted by Crippen LogP contribution is -2.37. The zero-order valence-corrected chi connectivity index (χ0v) is 13.4. The van der Waals surface area contributed by atoms with Crippen molar-refractivity contribution in [2.45, 2.75) is 5.78 Å². The summed E-state index contributed by atoms with van der Waals surface area (Å²) >= 11 is 16.7. The van der Waals surface area contributed by atoms with Crippen LogP contribution < -0.4 is 5.32 Å². The zero-order valence-electron chi connectivity index (χ0n) is 10.2. The van der Waals surface area contributed by atoms with Crippen LogP contribution in [-0.2, 0) is 4.57 Å². The number of halogens is 2. The van der Waals surface area contributed by atoms with Gasteiger partial charge in [-0.25, -0.2) is 0 Å². The van der Waals surface area contributed by atoms with Crippen molar-refractivity contribution in [2.24, 2.45) is 0 Å². The van der Waals surface area contributed by atoms with Gasteiger partial charge in [0.05, 0.1) is 10.0 Å². The maximum Gasteiger partial charge on any atom is 0.352 e. The molecule has 1 atom stereocenters. The van der Waals surface area contributed by atoms with Gasteiger partial charge in [-0.2, -0.15) is 0 Å². The normalized spacial score (nSPS) is 12.9. The molecule has 0 fully saturated rings. The van der Waals surface area contributed by atoms with Crippen molar-refractivity contribution in [3.8, 4) is 0 Å². The lowest BCUT2D eigenvalue weighted by Gasteiger charge is -2.30. The first-order valence-corrected chi connectivity index (χ1v) is 7.97. The molecule has 5 nitrogen and oxygen atoms in total. The molecule has 0 heterocycles. The van der Waals surface area contributed by atoms with Crippen LogP contribution in [0.25, 0.3) is 0 Å². The number of hydrogen-bond donors (Lipinski definition) is 3. The third-order valence-corrected chi connectivity index (χ3v) is 4.97. The van der Waals surface area contributed by atoms with Crippen molar-refractivity contribution in [3.63, 3.8) is 0 Å². The van der Waals surface area contributed by atoms with E-state index in [-0.39, 0.29) is 10.1 Å². The largest absolute Gasteiger partial charge is 0.366 e. The first-order chi connectivity index (χ1) is 8.68. The smallest absolute Gasteiger partial charge is 0.352 e. The molecule has 1 rings (SSSR count). The molecular formula is C10H13Cl2N2O3PS. The minimum atomic E-state index is -4.46. The summed E-state index contributed by atoms with van der Waals surface area (Å²) in [6.07, 6.45) is 0. The quantitative estimate of drug-likeness (QED) is 0.579. The van der Waals surface area contributed by atoms with E-state index in [0.717, 1.165) is 0 Å². The van der Waals surface area contributed by atoms with Gasteiger partial charge in [0.15, 0.2) is 10.9 Å². The predicted octanol–water partition coefficient (Wildman–Crippen LogP) is 2.61. The van der Waals surface area contributed by atoms with Gasteiger partial charge in [0.25, 0.3) is 0 Å². The topological polar surface area (TPSA) is 72.8 Å². The van der Waals surface area contributed by atoms with Gasteiger partial charge in [-0.05, 0) is 29.9 Å². The second-order valence-corrected chi connectivity index (χ2v) is 6.67. The minimum absolute atomic E-state index is 0.208. The van der Waals surface area contributed by atoms with Crippen LogP contribution in [0.4, 0.5) is 0 Å². The Morgan fingerprint density at radius 3 is 2.42 bits per heavy atom. The molecule has 9 heteroatoms. The van der Waals surface area contributed by atoms with Crippen LogP contribution in [0.3, 0.4) is 0 Å². The third-order valence-electron chi connectivity index (χ3n) is 2.46. The summed E-state index contributed by atoms with van der Waals surface area (Å²) in [5, 5.41) is 3.41. The second kappa shape index (κ2) is 6.39. The van der Waals surface area contributed by atoms with Crippen molar-refractivity contribution in [2.75, 3.05) is 14.1 Å².